The number of benzene rings is 1. The molecule has 2 heterocycles. The number of hydrogen-bond donors (Lipinski definition) is 1. The van der Waals surface area contributed by atoms with Crippen LogP contribution in [0.1, 0.15) is 25.3 Å². The van der Waals surface area contributed by atoms with Gasteiger partial charge in [0.1, 0.15) is 0 Å². The van der Waals surface area contributed by atoms with E-state index in [0.717, 1.165) is 65.2 Å². The van der Waals surface area contributed by atoms with E-state index in [1.807, 2.05) is 0 Å². The molecular weight excluding hydrogens is 274 g/mol. The number of likely N-dealkylation sites (tertiary alicyclic amines) is 1. The second kappa shape index (κ2) is 7.44. The third kappa shape index (κ3) is 3.80. The van der Waals surface area contributed by atoms with Gasteiger partial charge in [-0.15, -0.1) is 0 Å². The van der Waals surface area contributed by atoms with Crippen LogP contribution in [0, 0.1) is 0 Å². The molecule has 2 aliphatic heterocycles. The molecule has 2 saturated heterocycles. The maximum atomic E-state index is 9.87. The minimum atomic E-state index is -0.144. The summed E-state index contributed by atoms with van der Waals surface area (Å²) < 4.78 is 0. The lowest BCUT2D eigenvalue weighted by Gasteiger charge is -2.37. The summed E-state index contributed by atoms with van der Waals surface area (Å²) in [6, 6.07) is 8.80. The van der Waals surface area contributed by atoms with Gasteiger partial charge in [-0.3, -0.25) is 4.90 Å². The fourth-order valence-electron chi connectivity index (χ4n) is 3.67. The summed E-state index contributed by atoms with van der Waals surface area (Å²) in [5, 5.41) is 9.87. The van der Waals surface area contributed by atoms with Crippen molar-refractivity contribution in [2.24, 2.45) is 0 Å². The molecule has 1 aromatic rings. The third-order valence-electron chi connectivity index (χ3n) is 5.03. The molecule has 0 saturated carbocycles. The molecule has 0 spiro atoms. The summed E-state index contributed by atoms with van der Waals surface area (Å²) in [5.41, 5.74) is 2.79. The Hall–Kier alpha value is -1.10. The Balaban J connectivity index is 1.67. The van der Waals surface area contributed by atoms with E-state index in [-0.39, 0.29) is 6.10 Å². The van der Waals surface area contributed by atoms with Gasteiger partial charge in [-0.2, -0.15) is 0 Å². The standard InChI is InChI=1S/C18H29N3O/c1-2-19-10-12-21(13-11-19)18-8-4-3-6-16(18)14-20-9-5-7-17(22)15-20/h3-4,6,8,17,22H,2,5,7,9-15H2,1H3. The molecule has 2 fully saturated rings. The number of para-hydroxylation sites is 1. The third-order valence-corrected chi connectivity index (χ3v) is 5.03. The second-order valence-corrected chi connectivity index (χ2v) is 6.58. The molecule has 0 radical (unpaired) electrons. The Labute approximate surface area is 134 Å². The van der Waals surface area contributed by atoms with E-state index >= 15 is 0 Å². The normalized spacial score (nSPS) is 24.6. The molecule has 122 valence electrons. The van der Waals surface area contributed by atoms with Crippen molar-refractivity contribution in [3.05, 3.63) is 29.8 Å². The number of piperazine rings is 1. The Bertz CT molecular complexity index is 471. The molecular formula is C18H29N3O. The van der Waals surface area contributed by atoms with Crippen LogP contribution in [0.2, 0.25) is 0 Å². The average Bonchev–Trinajstić information content (AvgIpc) is 2.56. The second-order valence-electron chi connectivity index (χ2n) is 6.58. The van der Waals surface area contributed by atoms with E-state index in [2.05, 4.69) is 45.9 Å². The molecule has 0 bridgehead atoms. The number of aliphatic hydroxyl groups is 1. The maximum Gasteiger partial charge on any atom is 0.0667 e. The zero-order valence-electron chi connectivity index (χ0n) is 13.7. The molecule has 1 aromatic carbocycles. The van der Waals surface area contributed by atoms with E-state index < -0.39 is 0 Å². The predicted molar refractivity (Wildman–Crippen MR) is 91.3 cm³/mol. The fraction of sp³-hybridized carbons (Fsp3) is 0.667. The Morgan fingerprint density at radius 3 is 2.55 bits per heavy atom. The van der Waals surface area contributed by atoms with Gasteiger partial charge in [0.2, 0.25) is 0 Å². The van der Waals surface area contributed by atoms with Gasteiger partial charge in [-0.05, 0) is 37.6 Å². The number of nitrogens with zero attached hydrogens (tertiary/aromatic N) is 3. The summed E-state index contributed by atoms with van der Waals surface area (Å²) in [7, 11) is 0. The summed E-state index contributed by atoms with van der Waals surface area (Å²) in [5.74, 6) is 0. The Morgan fingerprint density at radius 1 is 1.05 bits per heavy atom. The highest BCUT2D eigenvalue weighted by atomic mass is 16.3. The van der Waals surface area contributed by atoms with Gasteiger partial charge in [0, 0.05) is 45.0 Å². The molecule has 4 heteroatoms. The summed E-state index contributed by atoms with van der Waals surface area (Å²) in [6.45, 7) is 10.8. The first-order valence-electron chi connectivity index (χ1n) is 8.72. The smallest absolute Gasteiger partial charge is 0.0667 e. The largest absolute Gasteiger partial charge is 0.392 e. The molecule has 0 aliphatic carbocycles. The van der Waals surface area contributed by atoms with Gasteiger partial charge < -0.3 is 14.9 Å². The molecule has 1 unspecified atom stereocenters. The number of hydrogen-bond acceptors (Lipinski definition) is 4. The molecule has 3 rings (SSSR count). The van der Waals surface area contributed by atoms with Crippen LogP contribution in [0.15, 0.2) is 24.3 Å². The van der Waals surface area contributed by atoms with Crippen LogP contribution in [0.4, 0.5) is 5.69 Å². The van der Waals surface area contributed by atoms with Crippen molar-refractivity contribution >= 4 is 5.69 Å². The van der Waals surface area contributed by atoms with Gasteiger partial charge in [-0.1, -0.05) is 25.1 Å². The van der Waals surface area contributed by atoms with Crippen molar-refractivity contribution in [1.82, 2.24) is 9.80 Å². The lowest BCUT2D eigenvalue weighted by molar-refractivity contribution is 0.0669. The zero-order valence-corrected chi connectivity index (χ0v) is 13.7. The number of β-amino-alcohol motifs (C(OH)–C–C–N with tert-alkyl or cyclic N) is 1. The number of anilines is 1. The average molecular weight is 303 g/mol. The quantitative estimate of drug-likeness (QED) is 0.918. The first-order chi connectivity index (χ1) is 10.8. The lowest BCUT2D eigenvalue weighted by Crippen LogP contribution is -2.46. The summed E-state index contributed by atoms with van der Waals surface area (Å²) >= 11 is 0. The van der Waals surface area contributed by atoms with Gasteiger partial charge in [0.05, 0.1) is 6.10 Å². The molecule has 22 heavy (non-hydrogen) atoms. The van der Waals surface area contributed by atoms with Crippen LogP contribution in [0.5, 0.6) is 0 Å². The van der Waals surface area contributed by atoms with E-state index in [1.165, 1.54) is 11.3 Å². The van der Waals surface area contributed by atoms with E-state index in [4.69, 9.17) is 0 Å². The molecule has 0 amide bonds. The van der Waals surface area contributed by atoms with Crippen LogP contribution in [0.3, 0.4) is 0 Å². The van der Waals surface area contributed by atoms with Crippen LogP contribution in [-0.2, 0) is 6.54 Å². The highest BCUT2D eigenvalue weighted by molar-refractivity contribution is 5.54. The highest BCUT2D eigenvalue weighted by Gasteiger charge is 2.21. The van der Waals surface area contributed by atoms with Crippen LogP contribution < -0.4 is 4.90 Å². The number of piperidine rings is 1. The van der Waals surface area contributed by atoms with Crippen LogP contribution in [-0.4, -0.2) is 66.8 Å². The van der Waals surface area contributed by atoms with Gasteiger partial charge >= 0.3 is 0 Å². The highest BCUT2D eigenvalue weighted by Crippen LogP contribution is 2.24. The summed E-state index contributed by atoms with van der Waals surface area (Å²) in [4.78, 5) is 7.44. The molecule has 1 N–H and O–H groups in total. The van der Waals surface area contributed by atoms with Crippen molar-refractivity contribution in [2.75, 3.05) is 50.7 Å². The molecule has 0 aromatic heterocycles. The molecule has 4 nitrogen and oxygen atoms in total. The van der Waals surface area contributed by atoms with Gasteiger partial charge in [0.25, 0.3) is 0 Å². The lowest BCUT2D eigenvalue weighted by atomic mass is 10.1. The zero-order chi connectivity index (χ0) is 15.4. The monoisotopic (exact) mass is 303 g/mol. The summed E-state index contributed by atoms with van der Waals surface area (Å²) in [6.07, 6.45) is 1.92. The minimum Gasteiger partial charge on any atom is -0.392 e. The topological polar surface area (TPSA) is 30.0 Å². The van der Waals surface area contributed by atoms with Crippen molar-refractivity contribution in [1.29, 1.82) is 0 Å². The van der Waals surface area contributed by atoms with Gasteiger partial charge in [0.15, 0.2) is 0 Å². The maximum absolute atomic E-state index is 9.87. The number of likely N-dealkylation sites (N-methyl/N-ethyl adjacent to an activating group) is 1. The molecule has 2 aliphatic rings. The van der Waals surface area contributed by atoms with Crippen molar-refractivity contribution in [3.8, 4) is 0 Å². The number of rotatable bonds is 4. The SMILES string of the molecule is CCN1CCN(c2ccccc2CN2CCCC(O)C2)CC1. The fourth-order valence-corrected chi connectivity index (χ4v) is 3.67. The Kier molecular flexibility index (Phi) is 5.34. The molecule has 1 atom stereocenters. The van der Waals surface area contributed by atoms with Crippen molar-refractivity contribution < 1.29 is 5.11 Å². The number of aliphatic hydroxyl groups excluding tert-OH is 1. The van der Waals surface area contributed by atoms with Crippen molar-refractivity contribution in [3.63, 3.8) is 0 Å². The van der Waals surface area contributed by atoms with Crippen LogP contribution >= 0.6 is 0 Å². The first kappa shape index (κ1) is 15.8. The van der Waals surface area contributed by atoms with Crippen molar-refractivity contribution in [2.45, 2.75) is 32.4 Å². The van der Waals surface area contributed by atoms with E-state index in [0.29, 0.717) is 0 Å². The minimum absolute atomic E-state index is 0.144. The predicted octanol–water partition coefficient (Wildman–Crippen LogP) is 1.79. The van der Waals surface area contributed by atoms with E-state index in [1.54, 1.807) is 0 Å². The first-order valence-corrected chi connectivity index (χ1v) is 8.72. The van der Waals surface area contributed by atoms with Gasteiger partial charge in [-0.25, -0.2) is 0 Å². The Morgan fingerprint density at radius 2 is 1.82 bits per heavy atom. The van der Waals surface area contributed by atoms with Crippen LogP contribution in [0.25, 0.3) is 0 Å². The van der Waals surface area contributed by atoms with E-state index in [9.17, 15) is 5.11 Å².